The molecule has 0 N–H and O–H groups in total. The minimum absolute atomic E-state index is 0.0594. The molecule has 2 fully saturated rings. The quantitative estimate of drug-likeness (QED) is 0.649. The minimum Gasteiger partial charge on any atom is -0.468 e. The summed E-state index contributed by atoms with van der Waals surface area (Å²) in [7, 11) is 3.57. The highest BCUT2D eigenvalue weighted by Gasteiger charge is 2.33. The van der Waals surface area contributed by atoms with Crippen LogP contribution in [0.5, 0.6) is 0 Å². The Labute approximate surface area is 103 Å². The van der Waals surface area contributed by atoms with Crippen LogP contribution in [0.4, 0.5) is 0 Å². The molecule has 0 saturated carbocycles. The van der Waals surface area contributed by atoms with Crippen molar-refractivity contribution in [2.75, 3.05) is 46.9 Å². The van der Waals surface area contributed by atoms with E-state index in [1.54, 1.807) is 0 Å². The molecule has 0 aromatic rings. The maximum atomic E-state index is 11.6. The number of hydrogen-bond donors (Lipinski definition) is 0. The second-order valence-corrected chi connectivity index (χ2v) is 4.93. The Bertz CT molecular complexity index is 272. The Morgan fingerprint density at radius 3 is 3.00 bits per heavy atom. The number of methoxy groups -OCH3 is 1. The van der Waals surface area contributed by atoms with Gasteiger partial charge in [0.05, 0.1) is 19.8 Å². The second-order valence-electron chi connectivity index (χ2n) is 4.93. The molecule has 2 heterocycles. The molecule has 0 spiro atoms. The minimum atomic E-state index is -0.105. The van der Waals surface area contributed by atoms with Crippen molar-refractivity contribution in [3.8, 4) is 0 Å². The van der Waals surface area contributed by atoms with Gasteiger partial charge in [-0.3, -0.25) is 9.69 Å². The summed E-state index contributed by atoms with van der Waals surface area (Å²) in [5, 5.41) is 0. The maximum Gasteiger partial charge on any atom is 0.323 e. The normalized spacial score (nSPS) is 31.6. The van der Waals surface area contributed by atoms with E-state index in [0.717, 1.165) is 45.6 Å². The van der Waals surface area contributed by atoms with Crippen LogP contribution in [0, 0.1) is 0 Å². The number of carbonyl (C=O) groups is 1. The van der Waals surface area contributed by atoms with Gasteiger partial charge in [-0.05, 0) is 26.4 Å². The van der Waals surface area contributed by atoms with E-state index in [-0.39, 0.29) is 18.1 Å². The highest BCUT2D eigenvalue weighted by Crippen LogP contribution is 2.19. The van der Waals surface area contributed by atoms with Crippen molar-refractivity contribution in [2.45, 2.75) is 25.0 Å². The molecule has 0 bridgehead atoms. The summed E-state index contributed by atoms with van der Waals surface area (Å²) < 4.78 is 10.6. The molecule has 2 unspecified atom stereocenters. The number of hydrogen-bond acceptors (Lipinski definition) is 5. The SMILES string of the molecule is COC(=O)C1CCCN1CC1CN(C)CCO1. The van der Waals surface area contributed by atoms with E-state index in [9.17, 15) is 4.79 Å². The Hall–Kier alpha value is -0.650. The predicted molar refractivity (Wildman–Crippen MR) is 63.8 cm³/mol. The Morgan fingerprint density at radius 2 is 2.29 bits per heavy atom. The van der Waals surface area contributed by atoms with Crippen molar-refractivity contribution < 1.29 is 14.3 Å². The second kappa shape index (κ2) is 5.80. The highest BCUT2D eigenvalue weighted by molar-refractivity contribution is 5.75. The number of likely N-dealkylation sites (N-methyl/N-ethyl adjacent to an activating group) is 1. The molecule has 5 heteroatoms. The topological polar surface area (TPSA) is 42.0 Å². The van der Waals surface area contributed by atoms with Crippen LogP contribution in [0.25, 0.3) is 0 Å². The fraction of sp³-hybridized carbons (Fsp3) is 0.917. The van der Waals surface area contributed by atoms with E-state index < -0.39 is 0 Å². The number of rotatable bonds is 3. The number of nitrogens with zero attached hydrogens (tertiary/aromatic N) is 2. The van der Waals surface area contributed by atoms with Gasteiger partial charge in [0.1, 0.15) is 6.04 Å². The molecular formula is C12H22N2O3. The van der Waals surface area contributed by atoms with Crippen LogP contribution in [-0.2, 0) is 14.3 Å². The zero-order chi connectivity index (χ0) is 12.3. The van der Waals surface area contributed by atoms with Crippen molar-refractivity contribution in [2.24, 2.45) is 0 Å². The number of likely N-dealkylation sites (tertiary alicyclic amines) is 1. The van der Waals surface area contributed by atoms with E-state index in [0.29, 0.717) is 0 Å². The molecule has 98 valence electrons. The van der Waals surface area contributed by atoms with Crippen LogP contribution in [0.2, 0.25) is 0 Å². The summed E-state index contributed by atoms with van der Waals surface area (Å²) in [6.07, 6.45) is 2.20. The van der Waals surface area contributed by atoms with E-state index in [1.807, 2.05) is 0 Å². The van der Waals surface area contributed by atoms with Crippen molar-refractivity contribution in [3.63, 3.8) is 0 Å². The van der Waals surface area contributed by atoms with Gasteiger partial charge in [-0.15, -0.1) is 0 Å². The molecule has 2 saturated heterocycles. The highest BCUT2D eigenvalue weighted by atomic mass is 16.5. The number of morpholine rings is 1. The summed E-state index contributed by atoms with van der Waals surface area (Å²) in [6, 6.07) is -0.0594. The van der Waals surface area contributed by atoms with Gasteiger partial charge in [-0.25, -0.2) is 0 Å². The molecule has 0 radical (unpaired) electrons. The number of carbonyl (C=O) groups excluding carboxylic acids is 1. The lowest BCUT2D eigenvalue weighted by atomic mass is 10.2. The van der Waals surface area contributed by atoms with Gasteiger partial charge in [-0.1, -0.05) is 0 Å². The number of ether oxygens (including phenoxy) is 2. The molecule has 17 heavy (non-hydrogen) atoms. The summed E-state index contributed by atoms with van der Waals surface area (Å²) >= 11 is 0. The Balaban J connectivity index is 1.86. The van der Waals surface area contributed by atoms with E-state index in [4.69, 9.17) is 9.47 Å². The average molecular weight is 242 g/mol. The molecule has 0 aliphatic carbocycles. The first-order valence-corrected chi connectivity index (χ1v) is 6.32. The first kappa shape index (κ1) is 12.8. The van der Waals surface area contributed by atoms with Crippen molar-refractivity contribution in [1.82, 2.24) is 9.80 Å². The number of esters is 1. The van der Waals surface area contributed by atoms with E-state index in [1.165, 1.54) is 7.11 Å². The van der Waals surface area contributed by atoms with Crippen LogP contribution in [-0.4, -0.2) is 74.9 Å². The Kier molecular flexibility index (Phi) is 4.36. The Morgan fingerprint density at radius 1 is 1.47 bits per heavy atom. The lowest BCUT2D eigenvalue weighted by molar-refractivity contribution is -0.146. The van der Waals surface area contributed by atoms with E-state index >= 15 is 0 Å². The van der Waals surface area contributed by atoms with Gasteiger partial charge in [0.25, 0.3) is 0 Å². The van der Waals surface area contributed by atoms with Crippen molar-refractivity contribution >= 4 is 5.97 Å². The fourth-order valence-electron chi connectivity index (χ4n) is 2.69. The van der Waals surface area contributed by atoms with Crippen LogP contribution in [0.15, 0.2) is 0 Å². The van der Waals surface area contributed by atoms with Gasteiger partial charge >= 0.3 is 5.97 Å². The zero-order valence-electron chi connectivity index (χ0n) is 10.7. The maximum absolute atomic E-state index is 11.6. The fourth-order valence-corrected chi connectivity index (χ4v) is 2.69. The molecule has 0 aromatic heterocycles. The van der Waals surface area contributed by atoms with E-state index in [2.05, 4.69) is 16.8 Å². The molecule has 0 aromatic carbocycles. The third-order valence-corrected chi connectivity index (χ3v) is 3.62. The molecule has 0 amide bonds. The van der Waals surface area contributed by atoms with Crippen molar-refractivity contribution in [3.05, 3.63) is 0 Å². The van der Waals surface area contributed by atoms with Gasteiger partial charge < -0.3 is 14.4 Å². The summed E-state index contributed by atoms with van der Waals surface area (Å²) in [5.74, 6) is -0.105. The molecular weight excluding hydrogens is 220 g/mol. The standard InChI is InChI=1S/C12H22N2O3/c1-13-6-7-17-10(8-13)9-14-5-3-4-11(14)12(15)16-2/h10-11H,3-9H2,1-2H3. The smallest absolute Gasteiger partial charge is 0.323 e. The average Bonchev–Trinajstić information content (AvgIpc) is 2.76. The first-order chi connectivity index (χ1) is 8.20. The molecule has 2 atom stereocenters. The largest absolute Gasteiger partial charge is 0.468 e. The van der Waals surface area contributed by atoms with Gasteiger partial charge in [0, 0.05) is 19.6 Å². The van der Waals surface area contributed by atoms with Crippen molar-refractivity contribution in [1.29, 1.82) is 0 Å². The third kappa shape index (κ3) is 3.18. The van der Waals surface area contributed by atoms with Crippen LogP contribution in [0.3, 0.4) is 0 Å². The van der Waals surface area contributed by atoms with Crippen LogP contribution < -0.4 is 0 Å². The molecule has 2 aliphatic heterocycles. The summed E-state index contributed by atoms with van der Waals surface area (Å²) in [6.45, 7) is 4.55. The van der Waals surface area contributed by atoms with Gasteiger partial charge in [0.2, 0.25) is 0 Å². The first-order valence-electron chi connectivity index (χ1n) is 6.32. The van der Waals surface area contributed by atoms with Crippen LogP contribution in [0.1, 0.15) is 12.8 Å². The predicted octanol–water partition coefficient (Wildman–Crippen LogP) is -0.0456. The van der Waals surface area contributed by atoms with Crippen LogP contribution >= 0.6 is 0 Å². The van der Waals surface area contributed by atoms with Gasteiger partial charge in [0.15, 0.2) is 0 Å². The summed E-state index contributed by atoms with van der Waals surface area (Å²) in [4.78, 5) is 16.1. The molecule has 2 aliphatic rings. The summed E-state index contributed by atoms with van der Waals surface area (Å²) in [5.41, 5.74) is 0. The lowest BCUT2D eigenvalue weighted by Crippen LogP contribution is -2.48. The molecule has 2 rings (SSSR count). The molecule has 5 nitrogen and oxygen atoms in total. The lowest BCUT2D eigenvalue weighted by Gasteiger charge is -2.33. The van der Waals surface area contributed by atoms with Gasteiger partial charge in [-0.2, -0.15) is 0 Å². The zero-order valence-corrected chi connectivity index (χ0v) is 10.7. The third-order valence-electron chi connectivity index (χ3n) is 3.62. The monoisotopic (exact) mass is 242 g/mol.